The minimum Gasteiger partial charge on any atom is -0.481 e. The van der Waals surface area contributed by atoms with Crippen molar-refractivity contribution in [3.8, 4) is 0 Å². The molecule has 3 amide bonds. The van der Waals surface area contributed by atoms with E-state index >= 15 is 0 Å². The van der Waals surface area contributed by atoms with Crippen LogP contribution in [-0.2, 0) is 30.4 Å². The van der Waals surface area contributed by atoms with Crippen molar-refractivity contribution in [2.45, 2.75) is 63.7 Å². The number of aliphatic carboxylic acids is 2. The van der Waals surface area contributed by atoms with Gasteiger partial charge in [-0.15, -0.1) is 0 Å². The Morgan fingerprint density at radius 1 is 0.889 bits per heavy atom. The van der Waals surface area contributed by atoms with Crippen LogP contribution in [0.1, 0.15) is 38.7 Å². The predicted octanol–water partition coefficient (Wildman–Crippen LogP) is 0.369. The van der Waals surface area contributed by atoms with Gasteiger partial charge in [-0.3, -0.25) is 19.2 Å². The molecule has 0 aromatic heterocycles. The summed E-state index contributed by atoms with van der Waals surface area (Å²) < 4.78 is 0. The van der Waals surface area contributed by atoms with Crippen molar-refractivity contribution in [1.29, 1.82) is 0 Å². The highest BCUT2D eigenvalue weighted by Gasteiger charge is 2.32. The van der Waals surface area contributed by atoms with E-state index in [0.717, 1.165) is 5.56 Å². The van der Waals surface area contributed by atoms with E-state index < -0.39 is 53.8 Å². The van der Waals surface area contributed by atoms with Crippen molar-refractivity contribution in [3.05, 3.63) is 35.9 Å². The molecule has 11 nitrogen and oxygen atoms in total. The third kappa shape index (κ3) is 11.1. The molecule has 0 aliphatic carbocycles. The molecule has 4 unspecified atom stereocenters. The highest BCUT2D eigenvalue weighted by molar-refractivity contribution is 7.98. The molecule has 0 radical (unpaired) electrons. The van der Waals surface area contributed by atoms with E-state index in [0.29, 0.717) is 5.75 Å². The van der Waals surface area contributed by atoms with Crippen LogP contribution in [0.3, 0.4) is 0 Å². The molecule has 7 N–H and O–H groups in total. The Hall–Kier alpha value is -3.12. The number of hydrogen-bond acceptors (Lipinski definition) is 7. The van der Waals surface area contributed by atoms with Gasteiger partial charge in [-0.1, -0.05) is 44.2 Å². The lowest BCUT2D eigenvalue weighted by Crippen LogP contribution is -2.58. The van der Waals surface area contributed by atoms with Crippen molar-refractivity contribution >= 4 is 41.4 Å². The maximum absolute atomic E-state index is 13.0. The van der Waals surface area contributed by atoms with Crippen LogP contribution in [0.15, 0.2) is 30.3 Å². The summed E-state index contributed by atoms with van der Waals surface area (Å²) in [7, 11) is 0. The number of rotatable bonds is 16. The quantitative estimate of drug-likeness (QED) is 0.177. The molecule has 0 aliphatic rings. The standard InChI is InChI=1S/C24H36N4O7S/c1-14(2)20(23(33)27-18(24(34)35)13-15-7-5-4-6-8-15)28-22(32)17(11-12-36-3)26-21(31)16(25)9-10-19(29)30/h4-8,14,16-18,20H,9-13,25H2,1-3H3,(H,26,31)(H,27,33)(H,28,32)(H,29,30)(H,34,35). The maximum Gasteiger partial charge on any atom is 0.326 e. The minimum absolute atomic E-state index is 0.0707. The Morgan fingerprint density at radius 2 is 1.50 bits per heavy atom. The van der Waals surface area contributed by atoms with Crippen LogP contribution in [0.5, 0.6) is 0 Å². The van der Waals surface area contributed by atoms with E-state index in [1.54, 1.807) is 44.2 Å². The largest absolute Gasteiger partial charge is 0.481 e. The van der Waals surface area contributed by atoms with Crippen molar-refractivity contribution in [2.75, 3.05) is 12.0 Å². The molecule has 0 saturated carbocycles. The topological polar surface area (TPSA) is 188 Å². The second-order valence-corrected chi connectivity index (χ2v) is 9.69. The van der Waals surface area contributed by atoms with Gasteiger partial charge in [0.1, 0.15) is 18.1 Å². The lowest BCUT2D eigenvalue weighted by molar-refractivity contribution is -0.142. The molecular weight excluding hydrogens is 488 g/mol. The molecule has 36 heavy (non-hydrogen) atoms. The number of nitrogens with two attached hydrogens (primary N) is 1. The Kier molecular flexibility index (Phi) is 13.6. The summed E-state index contributed by atoms with van der Waals surface area (Å²) in [4.78, 5) is 60.9. The molecule has 1 aromatic carbocycles. The maximum atomic E-state index is 13.0. The molecule has 4 atom stereocenters. The lowest BCUT2D eigenvalue weighted by Gasteiger charge is -2.27. The first-order valence-electron chi connectivity index (χ1n) is 11.6. The summed E-state index contributed by atoms with van der Waals surface area (Å²) in [5, 5.41) is 26.1. The summed E-state index contributed by atoms with van der Waals surface area (Å²) in [6.07, 6.45) is 1.77. The van der Waals surface area contributed by atoms with Crippen LogP contribution in [-0.4, -0.2) is 76.0 Å². The zero-order valence-corrected chi connectivity index (χ0v) is 21.5. The summed E-state index contributed by atoms with van der Waals surface area (Å²) >= 11 is 1.46. The van der Waals surface area contributed by atoms with Crippen molar-refractivity contribution in [2.24, 2.45) is 11.7 Å². The summed E-state index contributed by atoms with van der Waals surface area (Å²) in [5.74, 6) is -4.10. The molecule has 0 heterocycles. The van der Waals surface area contributed by atoms with E-state index in [-0.39, 0.29) is 31.6 Å². The van der Waals surface area contributed by atoms with E-state index in [4.69, 9.17) is 10.8 Å². The molecule has 0 fully saturated rings. The normalized spacial score (nSPS) is 14.2. The molecule has 0 aliphatic heterocycles. The predicted molar refractivity (Wildman–Crippen MR) is 136 cm³/mol. The first kappa shape index (κ1) is 30.9. The monoisotopic (exact) mass is 524 g/mol. The van der Waals surface area contributed by atoms with Gasteiger partial charge in [-0.2, -0.15) is 11.8 Å². The average molecular weight is 525 g/mol. The molecule has 0 spiro atoms. The first-order valence-corrected chi connectivity index (χ1v) is 13.0. The summed E-state index contributed by atoms with van der Waals surface area (Å²) in [6.45, 7) is 3.41. The van der Waals surface area contributed by atoms with Crippen LogP contribution in [0, 0.1) is 5.92 Å². The first-order chi connectivity index (χ1) is 17.0. The van der Waals surface area contributed by atoms with Gasteiger partial charge >= 0.3 is 11.9 Å². The van der Waals surface area contributed by atoms with Crippen molar-refractivity contribution in [3.63, 3.8) is 0 Å². The summed E-state index contributed by atoms with van der Waals surface area (Å²) in [6, 6.07) is 4.48. The fourth-order valence-electron chi connectivity index (χ4n) is 3.29. The highest BCUT2D eigenvalue weighted by Crippen LogP contribution is 2.09. The van der Waals surface area contributed by atoms with Crippen molar-refractivity contribution < 1.29 is 34.2 Å². The minimum atomic E-state index is -1.21. The molecule has 0 bridgehead atoms. The van der Waals surface area contributed by atoms with Gasteiger partial charge in [0.15, 0.2) is 0 Å². The third-order valence-electron chi connectivity index (χ3n) is 5.39. The number of carboxylic acids is 2. The highest BCUT2D eigenvalue weighted by atomic mass is 32.2. The van der Waals surface area contributed by atoms with E-state index in [1.165, 1.54) is 11.8 Å². The number of carboxylic acid groups (broad SMARTS) is 2. The zero-order chi connectivity index (χ0) is 27.3. The van der Waals surface area contributed by atoms with Gasteiger partial charge in [0.05, 0.1) is 6.04 Å². The zero-order valence-electron chi connectivity index (χ0n) is 20.7. The van der Waals surface area contributed by atoms with E-state index in [1.807, 2.05) is 6.26 Å². The van der Waals surface area contributed by atoms with Crippen LogP contribution in [0.2, 0.25) is 0 Å². The number of hydrogen-bond donors (Lipinski definition) is 6. The fraction of sp³-hybridized carbons (Fsp3) is 0.542. The van der Waals surface area contributed by atoms with Gasteiger partial charge < -0.3 is 31.9 Å². The number of carbonyl (C=O) groups excluding carboxylic acids is 3. The number of nitrogens with one attached hydrogen (secondary N) is 3. The molecular formula is C24H36N4O7S. The average Bonchev–Trinajstić information content (AvgIpc) is 2.82. The molecule has 1 aromatic rings. The second kappa shape index (κ2) is 15.8. The Bertz CT molecular complexity index is 898. The van der Waals surface area contributed by atoms with Crippen LogP contribution in [0.4, 0.5) is 0 Å². The number of amides is 3. The Morgan fingerprint density at radius 3 is 2.03 bits per heavy atom. The molecule has 12 heteroatoms. The molecule has 200 valence electrons. The molecule has 0 saturated heterocycles. The lowest BCUT2D eigenvalue weighted by atomic mass is 10.0. The summed E-state index contributed by atoms with van der Waals surface area (Å²) in [5.41, 5.74) is 6.49. The van der Waals surface area contributed by atoms with Gasteiger partial charge in [0.25, 0.3) is 0 Å². The number of carbonyl (C=O) groups is 5. The third-order valence-corrected chi connectivity index (χ3v) is 6.04. The smallest absolute Gasteiger partial charge is 0.326 e. The Balaban J connectivity index is 2.91. The van der Waals surface area contributed by atoms with Crippen molar-refractivity contribution in [1.82, 2.24) is 16.0 Å². The van der Waals surface area contributed by atoms with Gasteiger partial charge in [0.2, 0.25) is 17.7 Å². The van der Waals surface area contributed by atoms with Gasteiger partial charge in [-0.25, -0.2) is 4.79 Å². The fourth-order valence-corrected chi connectivity index (χ4v) is 3.76. The SMILES string of the molecule is CSCCC(NC(=O)C(N)CCC(=O)O)C(=O)NC(C(=O)NC(Cc1ccccc1)C(=O)O)C(C)C. The van der Waals surface area contributed by atoms with Crippen LogP contribution in [0.25, 0.3) is 0 Å². The number of thioether (sulfide) groups is 1. The molecule has 1 rings (SSSR count). The van der Waals surface area contributed by atoms with Gasteiger partial charge in [-0.05, 0) is 36.3 Å². The van der Waals surface area contributed by atoms with Crippen LogP contribution < -0.4 is 21.7 Å². The number of benzene rings is 1. The van der Waals surface area contributed by atoms with Gasteiger partial charge in [0, 0.05) is 12.8 Å². The van der Waals surface area contributed by atoms with E-state index in [9.17, 15) is 29.1 Å². The Labute approximate surface area is 215 Å². The van der Waals surface area contributed by atoms with E-state index in [2.05, 4.69) is 16.0 Å². The van der Waals surface area contributed by atoms with Crippen LogP contribution >= 0.6 is 11.8 Å². The second-order valence-electron chi connectivity index (χ2n) is 8.70.